The van der Waals surface area contributed by atoms with Crippen molar-refractivity contribution in [1.82, 2.24) is 9.97 Å². The summed E-state index contributed by atoms with van der Waals surface area (Å²) in [5.74, 6) is -0.820. The Labute approximate surface area is 85.6 Å². The first kappa shape index (κ1) is 9.70. The van der Waals surface area contributed by atoms with Crippen LogP contribution in [0, 0.1) is 0 Å². The fourth-order valence-electron chi connectivity index (χ4n) is 1.63. The molecule has 1 fully saturated rings. The molecule has 2 N–H and O–H groups in total. The Kier molecular flexibility index (Phi) is 2.40. The molecule has 80 valence electrons. The van der Waals surface area contributed by atoms with Crippen molar-refractivity contribution in [2.24, 2.45) is 0 Å². The highest BCUT2D eigenvalue weighted by atomic mass is 16.4. The lowest BCUT2D eigenvalue weighted by atomic mass is 10.4. The molecule has 0 spiro atoms. The first-order valence-corrected chi connectivity index (χ1v) is 4.76. The van der Waals surface area contributed by atoms with Crippen LogP contribution >= 0.6 is 0 Å². The van der Waals surface area contributed by atoms with Crippen LogP contribution in [-0.2, 0) is 0 Å². The monoisotopic (exact) mass is 209 g/mol. The van der Waals surface area contributed by atoms with Gasteiger partial charge in [-0.3, -0.25) is 9.78 Å². The smallest absolute Gasteiger partial charge is 0.354 e. The summed E-state index contributed by atoms with van der Waals surface area (Å²) in [6.45, 7) is 1.62. The molecule has 1 aliphatic rings. The van der Waals surface area contributed by atoms with E-state index in [2.05, 4.69) is 9.97 Å². The minimum atomic E-state index is -1.18. The van der Waals surface area contributed by atoms with E-state index >= 15 is 0 Å². The van der Waals surface area contributed by atoms with Gasteiger partial charge in [-0.2, -0.15) is 0 Å². The third kappa shape index (κ3) is 1.98. The number of anilines is 1. The van der Waals surface area contributed by atoms with Crippen molar-refractivity contribution >= 4 is 11.9 Å². The molecule has 0 saturated carbocycles. The van der Waals surface area contributed by atoms with E-state index in [4.69, 9.17) is 5.11 Å². The van der Waals surface area contributed by atoms with Gasteiger partial charge in [0.05, 0.1) is 0 Å². The molecule has 0 aliphatic carbocycles. The lowest BCUT2D eigenvalue weighted by molar-refractivity contribution is 0.0690. The zero-order chi connectivity index (χ0) is 10.8. The zero-order valence-electron chi connectivity index (χ0n) is 8.06. The van der Waals surface area contributed by atoms with Gasteiger partial charge in [-0.1, -0.05) is 0 Å². The summed E-state index contributed by atoms with van der Waals surface area (Å²) in [5.41, 5.74) is -0.634. The van der Waals surface area contributed by atoms with Gasteiger partial charge in [0.15, 0.2) is 5.69 Å². The average molecular weight is 209 g/mol. The summed E-state index contributed by atoms with van der Waals surface area (Å²) in [4.78, 5) is 30.2. The number of nitrogens with zero attached hydrogens (tertiary/aromatic N) is 2. The highest BCUT2D eigenvalue weighted by Gasteiger charge is 2.16. The molecular formula is C9H11N3O3. The number of nitrogens with one attached hydrogen (secondary N) is 1. The van der Waals surface area contributed by atoms with Crippen LogP contribution < -0.4 is 10.5 Å². The van der Waals surface area contributed by atoms with Crippen molar-refractivity contribution in [3.8, 4) is 0 Å². The molecule has 6 heteroatoms. The van der Waals surface area contributed by atoms with Crippen molar-refractivity contribution in [3.63, 3.8) is 0 Å². The van der Waals surface area contributed by atoms with Crippen molar-refractivity contribution in [2.75, 3.05) is 18.0 Å². The minimum absolute atomic E-state index is 0.208. The van der Waals surface area contributed by atoms with Gasteiger partial charge in [0, 0.05) is 19.2 Å². The Morgan fingerprint density at radius 1 is 1.47 bits per heavy atom. The number of aromatic carboxylic acids is 1. The van der Waals surface area contributed by atoms with Gasteiger partial charge in [0.1, 0.15) is 0 Å². The molecule has 1 saturated heterocycles. The number of carboxylic acid groups (broad SMARTS) is 1. The van der Waals surface area contributed by atoms with Crippen LogP contribution in [-0.4, -0.2) is 34.1 Å². The predicted octanol–water partition coefficient (Wildman–Crippen LogP) is 0.0683. The second-order valence-electron chi connectivity index (χ2n) is 3.45. The SMILES string of the molecule is O=C(O)c1cc(=O)[nH]c(N2CCCC2)n1. The Hall–Kier alpha value is -1.85. The first-order chi connectivity index (χ1) is 7.16. The van der Waals surface area contributed by atoms with Crippen LogP contribution in [0.2, 0.25) is 0 Å². The molecule has 2 heterocycles. The number of aromatic nitrogens is 2. The van der Waals surface area contributed by atoms with Crippen molar-refractivity contribution in [3.05, 3.63) is 22.1 Å². The molecule has 0 aromatic carbocycles. The van der Waals surface area contributed by atoms with E-state index in [0.717, 1.165) is 32.0 Å². The highest BCUT2D eigenvalue weighted by molar-refractivity contribution is 5.85. The number of carbonyl (C=O) groups is 1. The molecule has 0 amide bonds. The summed E-state index contributed by atoms with van der Waals surface area (Å²) >= 11 is 0. The summed E-state index contributed by atoms with van der Waals surface area (Å²) < 4.78 is 0. The molecule has 6 nitrogen and oxygen atoms in total. The fourth-order valence-corrected chi connectivity index (χ4v) is 1.63. The standard InChI is InChI=1S/C9H11N3O3/c13-7-5-6(8(14)15)10-9(11-7)12-3-1-2-4-12/h5H,1-4H2,(H,14,15)(H,10,11,13). The number of aromatic amines is 1. The summed E-state index contributed by atoms with van der Waals surface area (Å²) in [5, 5.41) is 8.74. The maximum Gasteiger partial charge on any atom is 0.354 e. The normalized spacial score (nSPS) is 15.6. The van der Waals surface area contributed by atoms with E-state index < -0.39 is 11.5 Å². The van der Waals surface area contributed by atoms with Crippen LogP contribution in [0.3, 0.4) is 0 Å². The van der Waals surface area contributed by atoms with Gasteiger partial charge < -0.3 is 10.0 Å². The number of hydrogen-bond acceptors (Lipinski definition) is 4. The number of H-pyrrole nitrogens is 1. The minimum Gasteiger partial charge on any atom is -0.477 e. The highest BCUT2D eigenvalue weighted by Crippen LogP contribution is 2.13. The van der Waals surface area contributed by atoms with Crippen LogP contribution in [0.25, 0.3) is 0 Å². The molecule has 0 bridgehead atoms. The first-order valence-electron chi connectivity index (χ1n) is 4.76. The van der Waals surface area contributed by atoms with Crippen LogP contribution in [0.4, 0.5) is 5.95 Å². The van der Waals surface area contributed by atoms with E-state index in [0.29, 0.717) is 5.95 Å². The Bertz CT molecular complexity index is 434. The van der Waals surface area contributed by atoms with Crippen molar-refractivity contribution in [2.45, 2.75) is 12.8 Å². The second kappa shape index (κ2) is 3.72. The van der Waals surface area contributed by atoms with E-state index in [1.807, 2.05) is 4.90 Å². The van der Waals surface area contributed by atoms with Gasteiger partial charge in [0.2, 0.25) is 5.95 Å². The molecule has 0 atom stereocenters. The van der Waals surface area contributed by atoms with Crippen molar-refractivity contribution < 1.29 is 9.90 Å². The summed E-state index contributed by atoms with van der Waals surface area (Å²) in [6, 6.07) is 0.988. The Morgan fingerprint density at radius 3 is 2.73 bits per heavy atom. The predicted molar refractivity (Wildman–Crippen MR) is 53.3 cm³/mol. The molecule has 1 aromatic rings. The lowest BCUT2D eigenvalue weighted by Gasteiger charge is -2.15. The van der Waals surface area contributed by atoms with Gasteiger partial charge >= 0.3 is 5.97 Å². The largest absolute Gasteiger partial charge is 0.477 e. The van der Waals surface area contributed by atoms with Gasteiger partial charge in [-0.15, -0.1) is 0 Å². The van der Waals surface area contributed by atoms with Crippen LogP contribution in [0.15, 0.2) is 10.9 Å². The third-order valence-corrected chi connectivity index (χ3v) is 2.35. The summed E-state index contributed by atoms with van der Waals surface area (Å²) in [6.07, 6.45) is 2.09. The Balaban J connectivity index is 2.38. The van der Waals surface area contributed by atoms with E-state index in [-0.39, 0.29) is 5.69 Å². The molecule has 0 unspecified atom stereocenters. The van der Waals surface area contributed by atoms with Crippen LogP contribution in [0.5, 0.6) is 0 Å². The molecule has 0 radical (unpaired) electrons. The second-order valence-corrected chi connectivity index (χ2v) is 3.45. The van der Waals surface area contributed by atoms with Gasteiger partial charge in [-0.25, -0.2) is 9.78 Å². The van der Waals surface area contributed by atoms with E-state index in [9.17, 15) is 9.59 Å². The molecule has 1 aromatic heterocycles. The number of carboxylic acids is 1. The molecule has 1 aliphatic heterocycles. The van der Waals surface area contributed by atoms with Crippen LogP contribution in [0.1, 0.15) is 23.3 Å². The Morgan fingerprint density at radius 2 is 2.13 bits per heavy atom. The average Bonchev–Trinajstić information content (AvgIpc) is 2.69. The topological polar surface area (TPSA) is 86.3 Å². The third-order valence-electron chi connectivity index (χ3n) is 2.35. The lowest BCUT2D eigenvalue weighted by Crippen LogP contribution is -2.25. The summed E-state index contributed by atoms with van der Waals surface area (Å²) in [7, 11) is 0. The van der Waals surface area contributed by atoms with Gasteiger partial charge in [0.25, 0.3) is 5.56 Å². The maximum atomic E-state index is 11.2. The quantitative estimate of drug-likeness (QED) is 0.719. The molecule has 2 rings (SSSR count). The number of rotatable bonds is 2. The zero-order valence-corrected chi connectivity index (χ0v) is 8.06. The van der Waals surface area contributed by atoms with E-state index in [1.54, 1.807) is 0 Å². The fraction of sp³-hybridized carbons (Fsp3) is 0.444. The molecular weight excluding hydrogens is 198 g/mol. The van der Waals surface area contributed by atoms with Crippen molar-refractivity contribution in [1.29, 1.82) is 0 Å². The van der Waals surface area contributed by atoms with Gasteiger partial charge in [-0.05, 0) is 12.8 Å². The molecule has 15 heavy (non-hydrogen) atoms. The van der Waals surface area contributed by atoms with E-state index in [1.165, 1.54) is 0 Å². The number of hydrogen-bond donors (Lipinski definition) is 2. The maximum absolute atomic E-state index is 11.2.